The zero-order chi connectivity index (χ0) is 21.5. The van der Waals surface area contributed by atoms with Gasteiger partial charge in [-0.1, -0.05) is 30.3 Å². The van der Waals surface area contributed by atoms with Gasteiger partial charge in [0.25, 0.3) is 0 Å². The molecule has 3 rings (SSSR count). The molecule has 2 N–H and O–H groups in total. The lowest BCUT2D eigenvalue weighted by Crippen LogP contribution is -2.52. The Bertz CT molecular complexity index is 792. The van der Waals surface area contributed by atoms with E-state index >= 15 is 0 Å². The van der Waals surface area contributed by atoms with Gasteiger partial charge in [-0.15, -0.1) is 0 Å². The van der Waals surface area contributed by atoms with Gasteiger partial charge >= 0.3 is 0 Å². The van der Waals surface area contributed by atoms with Crippen molar-refractivity contribution in [1.29, 1.82) is 0 Å². The second kappa shape index (κ2) is 10.6. The molecule has 2 aliphatic heterocycles. The number of aliphatic imine (C=N–C) groups is 1. The van der Waals surface area contributed by atoms with Gasteiger partial charge in [-0.25, -0.2) is 8.42 Å². The SMILES string of the molecule is CCNC(=NCC1(S(C)(=O)=O)CCOCC1)NC1CCCN(Cc2ccccc2)C1. The third kappa shape index (κ3) is 6.18. The molecular formula is C22H36N4O3S. The fourth-order valence-electron chi connectivity index (χ4n) is 4.28. The van der Waals surface area contributed by atoms with Crippen molar-refractivity contribution in [3.63, 3.8) is 0 Å². The maximum absolute atomic E-state index is 12.5. The first-order valence-corrected chi connectivity index (χ1v) is 12.9. The first-order valence-electron chi connectivity index (χ1n) is 11.0. The van der Waals surface area contributed by atoms with Gasteiger partial charge in [-0.3, -0.25) is 9.89 Å². The monoisotopic (exact) mass is 436 g/mol. The Hall–Kier alpha value is -1.64. The summed E-state index contributed by atoms with van der Waals surface area (Å²) < 4.78 is 29.6. The van der Waals surface area contributed by atoms with Crippen molar-refractivity contribution in [2.24, 2.45) is 4.99 Å². The number of likely N-dealkylation sites (tertiary alicyclic amines) is 1. The van der Waals surface area contributed by atoms with Gasteiger partial charge in [-0.05, 0) is 44.7 Å². The van der Waals surface area contributed by atoms with E-state index in [9.17, 15) is 8.42 Å². The Labute approximate surface area is 181 Å². The number of nitrogens with zero attached hydrogens (tertiary/aromatic N) is 2. The number of nitrogens with one attached hydrogen (secondary N) is 2. The van der Waals surface area contributed by atoms with Crippen molar-refractivity contribution >= 4 is 15.8 Å². The molecule has 1 aromatic carbocycles. The molecule has 2 saturated heterocycles. The summed E-state index contributed by atoms with van der Waals surface area (Å²) in [5.41, 5.74) is 1.33. The molecule has 1 unspecified atom stereocenters. The molecule has 0 aromatic heterocycles. The summed E-state index contributed by atoms with van der Waals surface area (Å²) in [7, 11) is -3.23. The average molecular weight is 437 g/mol. The van der Waals surface area contributed by atoms with Gasteiger partial charge in [0.05, 0.1) is 11.3 Å². The Kier molecular flexibility index (Phi) is 8.13. The van der Waals surface area contributed by atoms with Gasteiger partial charge in [-0.2, -0.15) is 0 Å². The minimum absolute atomic E-state index is 0.269. The smallest absolute Gasteiger partial charge is 0.191 e. The summed E-state index contributed by atoms with van der Waals surface area (Å²) >= 11 is 0. The molecule has 0 amide bonds. The van der Waals surface area contributed by atoms with E-state index in [-0.39, 0.29) is 6.54 Å². The molecule has 168 valence electrons. The molecule has 0 saturated carbocycles. The molecule has 0 radical (unpaired) electrons. The molecule has 0 bridgehead atoms. The minimum Gasteiger partial charge on any atom is -0.381 e. The van der Waals surface area contributed by atoms with Crippen molar-refractivity contribution in [1.82, 2.24) is 15.5 Å². The quantitative estimate of drug-likeness (QED) is 0.501. The van der Waals surface area contributed by atoms with Crippen LogP contribution in [-0.4, -0.2) is 75.7 Å². The highest BCUT2D eigenvalue weighted by atomic mass is 32.2. The summed E-state index contributed by atoms with van der Waals surface area (Å²) in [5, 5.41) is 6.85. The second-order valence-corrected chi connectivity index (χ2v) is 10.9. The van der Waals surface area contributed by atoms with E-state index < -0.39 is 14.6 Å². The van der Waals surface area contributed by atoms with Gasteiger partial charge in [0.1, 0.15) is 0 Å². The van der Waals surface area contributed by atoms with E-state index in [0.717, 1.165) is 39.0 Å². The molecule has 1 aromatic rings. The zero-order valence-corrected chi connectivity index (χ0v) is 19.1. The number of benzene rings is 1. The Morgan fingerprint density at radius 1 is 1.27 bits per heavy atom. The highest BCUT2D eigenvalue weighted by molar-refractivity contribution is 7.92. The van der Waals surface area contributed by atoms with Crippen molar-refractivity contribution < 1.29 is 13.2 Å². The molecule has 30 heavy (non-hydrogen) atoms. The molecular weight excluding hydrogens is 400 g/mol. The third-order valence-corrected chi connectivity index (χ3v) is 8.27. The standard InChI is InChI=1S/C22H36N4O3S/c1-3-23-21(24-18-22(30(2,27)28)11-14-29-15-12-22)25-20-10-7-13-26(17-20)16-19-8-5-4-6-9-19/h4-6,8-9,20H,3,7,10-18H2,1-2H3,(H2,23,24,25). The van der Waals surface area contributed by atoms with Crippen LogP contribution in [0.15, 0.2) is 35.3 Å². The fourth-order valence-corrected chi connectivity index (χ4v) is 5.49. The van der Waals surface area contributed by atoms with Gasteiger partial charge < -0.3 is 15.4 Å². The van der Waals surface area contributed by atoms with Gasteiger partial charge in [0.15, 0.2) is 15.8 Å². The first-order chi connectivity index (χ1) is 14.4. The second-order valence-electron chi connectivity index (χ2n) is 8.47. The molecule has 8 heteroatoms. The normalized spacial score (nSPS) is 23.1. The first kappa shape index (κ1) is 23.0. The van der Waals surface area contributed by atoms with Crippen LogP contribution in [0, 0.1) is 0 Å². The van der Waals surface area contributed by atoms with Crippen LogP contribution >= 0.6 is 0 Å². The molecule has 0 aliphatic carbocycles. The fraction of sp³-hybridized carbons (Fsp3) is 0.682. The largest absolute Gasteiger partial charge is 0.381 e. The number of rotatable bonds is 7. The predicted molar refractivity (Wildman–Crippen MR) is 121 cm³/mol. The number of hydrogen-bond acceptors (Lipinski definition) is 5. The summed E-state index contributed by atoms with van der Waals surface area (Å²) in [4.78, 5) is 7.19. The number of ether oxygens (including phenoxy) is 1. The number of hydrogen-bond donors (Lipinski definition) is 2. The van der Waals surface area contributed by atoms with E-state index in [0.29, 0.717) is 38.1 Å². The van der Waals surface area contributed by atoms with Crippen LogP contribution in [-0.2, 0) is 21.1 Å². The summed E-state index contributed by atoms with van der Waals surface area (Å²) in [6.45, 7) is 6.98. The topological polar surface area (TPSA) is 83.0 Å². The summed E-state index contributed by atoms with van der Waals surface area (Å²) in [5.74, 6) is 0.707. The zero-order valence-electron chi connectivity index (χ0n) is 18.3. The van der Waals surface area contributed by atoms with Crippen LogP contribution < -0.4 is 10.6 Å². The lowest BCUT2D eigenvalue weighted by atomic mass is 9.99. The molecule has 2 aliphatic rings. The van der Waals surface area contributed by atoms with Crippen molar-refractivity contribution in [3.8, 4) is 0 Å². The number of sulfone groups is 1. The summed E-state index contributed by atoms with van der Waals surface area (Å²) in [6, 6.07) is 10.8. The van der Waals surface area contributed by atoms with Gasteiger partial charge in [0.2, 0.25) is 0 Å². The van der Waals surface area contributed by atoms with E-state index in [2.05, 4.69) is 39.8 Å². The van der Waals surface area contributed by atoms with Crippen LogP contribution in [0.3, 0.4) is 0 Å². The van der Waals surface area contributed by atoms with Crippen LogP contribution in [0.25, 0.3) is 0 Å². The van der Waals surface area contributed by atoms with Crippen LogP contribution in [0.1, 0.15) is 38.2 Å². The Balaban J connectivity index is 1.64. The van der Waals surface area contributed by atoms with Gasteiger partial charge in [0, 0.05) is 45.1 Å². The van der Waals surface area contributed by atoms with Crippen LogP contribution in [0.4, 0.5) is 0 Å². The third-order valence-electron chi connectivity index (χ3n) is 6.16. The highest BCUT2D eigenvalue weighted by Gasteiger charge is 2.42. The average Bonchev–Trinajstić information content (AvgIpc) is 2.73. The van der Waals surface area contributed by atoms with E-state index in [1.54, 1.807) is 0 Å². The van der Waals surface area contributed by atoms with E-state index in [1.165, 1.54) is 11.8 Å². The molecule has 2 heterocycles. The van der Waals surface area contributed by atoms with Crippen molar-refractivity contribution in [2.45, 2.75) is 49.9 Å². The molecule has 1 atom stereocenters. The predicted octanol–water partition coefficient (Wildman–Crippen LogP) is 1.80. The lowest BCUT2D eigenvalue weighted by Gasteiger charge is -2.35. The maximum Gasteiger partial charge on any atom is 0.191 e. The molecule has 2 fully saturated rings. The minimum atomic E-state index is -3.23. The van der Waals surface area contributed by atoms with Crippen LogP contribution in [0.5, 0.6) is 0 Å². The Morgan fingerprint density at radius 2 is 2.00 bits per heavy atom. The van der Waals surface area contributed by atoms with Crippen molar-refractivity contribution in [3.05, 3.63) is 35.9 Å². The maximum atomic E-state index is 12.5. The molecule has 7 nitrogen and oxygen atoms in total. The van der Waals surface area contributed by atoms with Crippen LogP contribution in [0.2, 0.25) is 0 Å². The molecule has 0 spiro atoms. The van der Waals surface area contributed by atoms with E-state index in [1.807, 2.05) is 13.0 Å². The summed E-state index contributed by atoms with van der Waals surface area (Å²) in [6.07, 6.45) is 4.55. The lowest BCUT2D eigenvalue weighted by molar-refractivity contribution is 0.0768. The Morgan fingerprint density at radius 3 is 2.67 bits per heavy atom. The number of piperidine rings is 1. The van der Waals surface area contributed by atoms with E-state index in [4.69, 9.17) is 9.73 Å². The number of guanidine groups is 1. The highest BCUT2D eigenvalue weighted by Crippen LogP contribution is 2.29. The van der Waals surface area contributed by atoms with Crippen molar-refractivity contribution in [2.75, 3.05) is 45.6 Å².